The van der Waals surface area contributed by atoms with E-state index in [4.69, 9.17) is 4.74 Å². The van der Waals surface area contributed by atoms with Gasteiger partial charge in [-0.15, -0.1) is 0 Å². The summed E-state index contributed by atoms with van der Waals surface area (Å²) in [5.41, 5.74) is 1.78. The Bertz CT molecular complexity index is 610. The summed E-state index contributed by atoms with van der Waals surface area (Å²) in [5, 5.41) is 5.32. The Hall–Kier alpha value is -2.24. The molecule has 2 N–H and O–H groups in total. The predicted octanol–water partition coefficient (Wildman–Crippen LogP) is 2.25. The molecule has 2 unspecified atom stereocenters. The molecule has 1 heterocycles. The summed E-state index contributed by atoms with van der Waals surface area (Å²) in [7, 11) is 3.61. The topological polar surface area (TPSA) is 70.7 Å². The zero-order valence-electron chi connectivity index (χ0n) is 15.1. The van der Waals surface area contributed by atoms with Crippen LogP contribution < -0.4 is 15.5 Å². The number of anilines is 1. The zero-order chi connectivity index (χ0) is 17.9. The first-order valence-corrected chi connectivity index (χ1v) is 8.22. The maximum absolute atomic E-state index is 12.2. The van der Waals surface area contributed by atoms with Gasteiger partial charge in [0.1, 0.15) is 11.6 Å². The van der Waals surface area contributed by atoms with Crippen molar-refractivity contribution < 1.29 is 14.3 Å². The van der Waals surface area contributed by atoms with E-state index in [1.807, 2.05) is 19.2 Å². The van der Waals surface area contributed by atoms with Crippen molar-refractivity contribution in [2.45, 2.75) is 44.8 Å². The third-order valence-corrected chi connectivity index (χ3v) is 4.06. The molecule has 1 aromatic rings. The van der Waals surface area contributed by atoms with E-state index in [1.54, 1.807) is 27.8 Å². The number of fused-ring (bicyclic) bond motifs is 1. The Balaban J connectivity index is 2.10. The van der Waals surface area contributed by atoms with Crippen molar-refractivity contribution in [1.29, 1.82) is 0 Å². The van der Waals surface area contributed by atoms with Gasteiger partial charge in [0.2, 0.25) is 5.91 Å². The van der Waals surface area contributed by atoms with E-state index < -0.39 is 17.7 Å². The van der Waals surface area contributed by atoms with E-state index in [1.165, 1.54) is 11.3 Å². The number of amides is 2. The molecule has 0 fully saturated rings. The van der Waals surface area contributed by atoms with E-state index in [2.05, 4.69) is 27.7 Å². The SMILES string of the molecule is CNC(=O)C(CC1CN(C)c2ccccc21)NC(=O)OC(C)(C)C. The number of para-hydroxylation sites is 1. The van der Waals surface area contributed by atoms with Gasteiger partial charge in [0.15, 0.2) is 0 Å². The van der Waals surface area contributed by atoms with E-state index >= 15 is 0 Å². The molecule has 0 aromatic heterocycles. The van der Waals surface area contributed by atoms with Gasteiger partial charge in [-0.1, -0.05) is 18.2 Å². The number of benzene rings is 1. The average Bonchev–Trinajstić information content (AvgIpc) is 2.81. The minimum absolute atomic E-state index is 0.184. The van der Waals surface area contributed by atoms with Gasteiger partial charge in [-0.3, -0.25) is 4.79 Å². The summed E-state index contributed by atoms with van der Waals surface area (Å²) in [4.78, 5) is 26.4. The number of likely N-dealkylation sites (N-methyl/N-ethyl adjacent to an activating group) is 2. The molecule has 1 aliphatic heterocycles. The van der Waals surface area contributed by atoms with Crippen LogP contribution in [0.15, 0.2) is 24.3 Å². The van der Waals surface area contributed by atoms with Crippen molar-refractivity contribution in [3.05, 3.63) is 29.8 Å². The third kappa shape index (κ3) is 4.40. The summed E-state index contributed by atoms with van der Waals surface area (Å²) < 4.78 is 5.28. The van der Waals surface area contributed by atoms with Crippen LogP contribution in [-0.2, 0) is 9.53 Å². The van der Waals surface area contributed by atoms with Crippen molar-refractivity contribution in [3.63, 3.8) is 0 Å². The number of carbonyl (C=O) groups excluding carboxylic acids is 2. The van der Waals surface area contributed by atoms with Crippen LogP contribution in [0.2, 0.25) is 0 Å². The van der Waals surface area contributed by atoms with Crippen molar-refractivity contribution in [2.24, 2.45) is 0 Å². The fraction of sp³-hybridized carbons (Fsp3) is 0.556. The normalized spacial score (nSPS) is 17.9. The lowest BCUT2D eigenvalue weighted by Gasteiger charge is -2.24. The van der Waals surface area contributed by atoms with Gasteiger partial charge in [0.05, 0.1) is 0 Å². The number of carbonyl (C=O) groups is 2. The minimum atomic E-state index is -0.630. The maximum Gasteiger partial charge on any atom is 0.408 e. The van der Waals surface area contributed by atoms with Gasteiger partial charge in [-0.05, 0) is 38.8 Å². The second kappa shape index (κ2) is 7.11. The molecule has 6 heteroatoms. The number of ether oxygens (including phenoxy) is 1. The van der Waals surface area contributed by atoms with Gasteiger partial charge in [-0.25, -0.2) is 4.79 Å². The van der Waals surface area contributed by atoms with Crippen LogP contribution >= 0.6 is 0 Å². The Labute approximate surface area is 143 Å². The van der Waals surface area contributed by atoms with Crippen LogP contribution in [0.5, 0.6) is 0 Å². The van der Waals surface area contributed by atoms with E-state index in [9.17, 15) is 9.59 Å². The molecule has 132 valence electrons. The quantitative estimate of drug-likeness (QED) is 0.886. The molecule has 2 amide bonds. The van der Waals surface area contributed by atoms with Crippen molar-refractivity contribution >= 4 is 17.7 Å². The van der Waals surface area contributed by atoms with E-state index in [0.717, 1.165) is 6.54 Å². The molecule has 1 aromatic carbocycles. The fourth-order valence-electron chi connectivity index (χ4n) is 3.05. The van der Waals surface area contributed by atoms with Crippen LogP contribution in [0.1, 0.15) is 38.7 Å². The highest BCUT2D eigenvalue weighted by Crippen LogP contribution is 2.37. The molecule has 2 rings (SSSR count). The molecular weight excluding hydrogens is 306 g/mol. The lowest BCUT2D eigenvalue weighted by molar-refractivity contribution is -0.123. The maximum atomic E-state index is 12.2. The van der Waals surface area contributed by atoms with Gasteiger partial charge in [0, 0.05) is 32.2 Å². The first kappa shape index (κ1) is 18.1. The number of hydrogen-bond acceptors (Lipinski definition) is 4. The largest absolute Gasteiger partial charge is 0.444 e. The molecule has 6 nitrogen and oxygen atoms in total. The van der Waals surface area contributed by atoms with Crippen LogP contribution in [0.3, 0.4) is 0 Å². The number of alkyl carbamates (subject to hydrolysis) is 1. The summed E-state index contributed by atoms with van der Waals surface area (Å²) in [5.74, 6) is -0.0312. The van der Waals surface area contributed by atoms with Crippen molar-refractivity contribution in [2.75, 3.05) is 25.5 Å². The van der Waals surface area contributed by atoms with Crippen molar-refractivity contribution in [1.82, 2.24) is 10.6 Å². The summed E-state index contributed by atoms with van der Waals surface area (Å²) >= 11 is 0. The van der Waals surface area contributed by atoms with Gasteiger partial charge < -0.3 is 20.3 Å². The number of rotatable bonds is 4. The molecule has 0 radical (unpaired) electrons. The highest BCUT2D eigenvalue weighted by molar-refractivity contribution is 5.85. The van der Waals surface area contributed by atoms with Crippen LogP contribution in [0.25, 0.3) is 0 Å². The zero-order valence-corrected chi connectivity index (χ0v) is 15.1. The molecule has 2 atom stereocenters. The second-order valence-electron chi connectivity index (χ2n) is 7.19. The van der Waals surface area contributed by atoms with Crippen LogP contribution in [-0.4, -0.2) is 44.3 Å². The molecule has 0 bridgehead atoms. The minimum Gasteiger partial charge on any atom is -0.444 e. The first-order chi connectivity index (χ1) is 11.2. The molecular formula is C18H27N3O3. The van der Waals surface area contributed by atoms with Gasteiger partial charge >= 0.3 is 6.09 Å². The monoisotopic (exact) mass is 333 g/mol. The smallest absolute Gasteiger partial charge is 0.408 e. The van der Waals surface area contributed by atoms with Crippen LogP contribution in [0, 0.1) is 0 Å². The average molecular weight is 333 g/mol. The third-order valence-electron chi connectivity index (χ3n) is 4.06. The number of hydrogen-bond donors (Lipinski definition) is 2. The molecule has 1 aliphatic rings. The fourth-order valence-corrected chi connectivity index (χ4v) is 3.05. The summed E-state index contributed by atoms with van der Waals surface area (Å²) in [6.07, 6.45) is -0.0453. The van der Waals surface area contributed by atoms with Crippen LogP contribution in [0.4, 0.5) is 10.5 Å². The standard InChI is InChI=1S/C18H27N3O3/c1-18(2,3)24-17(23)20-14(16(22)19-4)10-12-11-21(5)15-9-7-6-8-13(12)15/h6-9,12,14H,10-11H2,1-5H3,(H,19,22)(H,20,23). The molecule has 0 spiro atoms. The molecule has 0 saturated carbocycles. The highest BCUT2D eigenvalue weighted by atomic mass is 16.6. The Morgan fingerprint density at radius 2 is 2.00 bits per heavy atom. The Kier molecular flexibility index (Phi) is 5.36. The summed E-state index contributed by atoms with van der Waals surface area (Å²) in [6, 6.07) is 7.53. The lowest BCUT2D eigenvalue weighted by Crippen LogP contribution is -2.48. The van der Waals surface area contributed by atoms with Gasteiger partial charge in [0.25, 0.3) is 0 Å². The molecule has 0 aliphatic carbocycles. The van der Waals surface area contributed by atoms with Gasteiger partial charge in [-0.2, -0.15) is 0 Å². The Morgan fingerprint density at radius 1 is 1.33 bits per heavy atom. The van der Waals surface area contributed by atoms with E-state index in [-0.39, 0.29) is 11.8 Å². The predicted molar refractivity (Wildman–Crippen MR) is 94.3 cm³/mol. The van der Waals surface area contributed by atoms with E-state index in [0.29, 0.717) is 6.42 Å². The Morgan fingerprint density at radius 3 is 2.62 bits per heavy atom. The second-order valence-corrected chi connectivity index (χ2v) is 7.19. The molecule has 24 heavy (non-hydrogen) atoms. The highest BCUT2D eigenvalue weighted by Gasteiger charge is 2.32. The molecule has 0 saturated heterocycles. The number of nitrogens with zero attached hydrogens (tertiary/aromatic N) is 1. The summed E-state index contributed by atoms with van der Waals surface area (Å²) in [6.45, 7) is 6.21. The first-order valence-electron chi connectivity index (χ1n) is 8.22. The van der Waals surface area contributed by atoms with Crippen molar-refractivity contribution in [3.8, 4) is 0 Å². The lowest BCUT2D eigenvalue weighted by atomic mass is 9.93. The number of nitrogens with one attached hydrogen (secondary N) is 2.